The summed E-state index contributed by atoms with van der Waals surface area (Å²) >= 11 is 5.99. The van der Waals surface area contributed by atoms with Gasteiger partial charge in [-0.3, -0.25) is 4.79 Å². The molecule has 1 amide bonds. The van der Waals surface area contributed by atoms with E-state index in [4.69, 9.17) is 21.1 Å². The van der Waals surface area contributed by atoms with Gasteiger partial charge >= 0.3 is 0 Å². The van der Waals surface area contributed by atoms with Gasteiger partial charge in [0.25, 0.3) is 5.91 Å². The van der Waals surface area contributed by atoms with E-state index in [0.717, 1.165) is 12.0 Å². The number of carbonyl (C=O) groups excluding carboxylic acids is 1. The summed E-state index contributed by atoms with van der Waals surface area (Å²) in [5, 5.41) is 4.35. The summed E-state index contributed by atoms with van der Waals surface area (Å²) in [4.78, 5) is 12.0. The third-order valence-corrected chi connectivity index (χ3v) is 3.56. The fourth-order valence-electron chi connectivity index (χ4n) is 2.08. The first kappa shape index (κ1) is 18.8. The molecular formula is C19H21ClN2O3. The molecule has 0 spiro atoms. The second-order valence-corrected chi connectivity index (χ2v) is 5.57. The van der Waals surface area contributed by atoms with E-state index < -0.39 is 0 Å². The van der Waals surface area contributed by atoms with E-state index in [1.807, 2.05) is 32.0 Å². The quantitative estimate of drug-likeness (QED) is 0.564. The van der Waals surface area contributed by atoms with Crippen molar-refractivity contribution < 1.29 is 14.3 Å². The topological polar surface area (TPSA) is 59.9 Å². The smallest absolute Gasteiger partial charge is 0.272 e. The molecule has 0 aliphatic carbocycles. The monoisotopic (exact) mass is 360 g/mol. The van der Waals surface area contributed by atoms with Gasteiger partial charge in [-0.15, -0.1) is 0 Å². The van der Waals surface area contributed by atoms with Crippen molar-refractivity contribution in [2.45, 2.75) is 20.3 Å². The molecule has 0 unspecified atom stereocenters. The van der Waals surface area contributed by atoms with Crippen LogP contribution in [0, 0.1) is 0 Å². The average molecular weight is 361 g/mol. The van der Waals surface area contributed by atoms with Gasteiger partial charge in [0.1, 0.15) is 0 Å². The highest BCUT2D eigenvalue weighted by Crippen LogP contribution is 2.28. The van der Waals surface area contributed by atoms with Gasteiger partial charge in [-0.25, -0.2) is 5.43 Å². The van der Waals surface area contributed by atoms with Crippen molar-refractivity contribution in [3.63, 3.8) is 0 Å². The Morgan fingerprint density at radius 2 is 1.96 bits per heavy atom. The fourth-order valence-corrected chi connectivity index (χ4v) is 2.30. The lowest BCUT2D eigenvalue weighted by atomic mass is 10.2. The van der Waals surface area contributed by atoms with E-state index in [1.165, 1.54) is 0 Å². The Morgan fingerprint density at radius 1 is 1.16 bits per heavy atom. The van der Waals surface area contributed by atoms with Gasteiger partial charge in [0.15, 0.2) is 11.5 Å². The Balaban J connectivity index is 2.06. The van der Waals surface area contributed by atoms with Crippen LogP contribution in [0.1, 0.15) is 36.2 Å². The normalized spacial score (nSPS) is 10.7. The summed E-state index contributed by atoms with van der Waals surface area (Å²) in [5.41, 5.74) is 3.62. The Labute approximate surface area is 152 Å². The highest BCUT2D eigenvalue weighted by Gasteiger charge is 2.08. The number of hydrazone groups is 1. The van der Waals surface area contributed by atoms with Crippen LogP contribution in [0.3, 0.4) is 0 Å². The van der Waals surface area contributed by atoms with Crippen LogP contribution in [0.15, 0.2) is 47.6 Å². The highest BCUT2D eigenvalue weighted by atomic mass is 35.5. The molecule has 0 bridgehead atoms. The number of ether oxygens (including phenoxy) is 2. The van der Waals surface area contributed by atoms with Crippen molar-refractivity contribution in [2.24, 2.45) is 5.10 Å². The predicted molar refractivity (Wildman–Crippen MR) is 99.9 cm³/mol. The van der Waals surface area contributed by atoms with Crippen LogP contribution in [0.4, 0.5) is 0 Å². The van der Waals surface area contributed by atoms with Crippen LogP contribution in [0.2, 0.25) is 5.02 Å². The lowest BCUT2D eigenvalue weighted by molar-refractivity contribution is 0.0955. The molecule has 132 valence electrons. The number of halogens is 1. The zero-order valence-electron chi connectivity index (χ0n) is 14.3. The minimum absolute atomic E-state index is 0.366. The Bertz CT molecular complexity index is 747. The van der Waals surface area contributed by atoms with Gasteiger partial charge in [0, 0.05) is 0 Å². The van der Waals surface area contributed by atoms with E-state index in [9.17, 15) is 4.79 Å². The number of benzene rings is 2. The van der Waals surface area contributed by atoms with Crippen LogP contribution < -0.4 is 14.9 Å². The molecule has 0 heterocycles. The highest BCUT2D eigenvalue weighted by molar-refractivity contribution is 6.33. The third kappa shape index (κ3) is 5.50. The maximum absolute atomic E-state index is 12.0. The minimum atomic E-state index is -0.366. The van der Waals surface area contributed by atoms with Gasteiger partial charge in [-0.05, 0) is 49.2 Å². The number of hydrogen-bond acceptors (Lipinski definition) is 4. The second kappa shape index (κ2) is 9.69. The van der Waals surface area contributed by atoms with Crippen molar-refractivity contribution in [3.8, 4) is 11.5 Å². The standard InChI is InChI=1S/C19H21ClN2O3/c1-3-11-25-17-10-9-14(12-18(17)24-4-2)13-21-22-19(23)15-7-5-6-8-16(15)20/h5-10,12-13H,3-4,11H2,1-2H3,(H,22,23)/b21-13-. The van der Waals surface area contributed by atoms with E-state index >= 15 is 0 Å². The number of hydrogen-bond donors (Lipinski definition) is 1. The summed E-state index contributed by atoms with van der Waals surface area (Å²) in [6, 6.07) is 12.3. The Morgan fingerprint density at radius 3 is 2.68 bits per heavy atom. The van der Waals surface area contributed by atoms with E-state index in [1.54, 1.807) is 30.5 Å². The van der Waals surface area contributed by atoms with E-state index in [0.29, 0.717) is 35.3 Å². The first-order chi connectivity index (χ1) is 12.2. The molecule has 6 heteroatoms. The van der Waals surface area contributed by atoms with Crippen LogP contribution in [0.5, 0.6) is 11.5 Å². The molecule has 0 fully saturated rings. The summed E-state index contributed by atoms with van der Waals surface area (Å²) in [6.45, 7) is 5.12. The second-order valence-electron chi connectivity index (χ2n) is 5.17. The molecule has 0 atom stereocenters. The Kier molecular flexibility index (Phi) is 7.29. The van der Waals surface area contributed by atoms with Crippen molar-refractivity contribution >= 4 is 23.7 Å². The van der Waals surface area contributed by atoms with Gasteiger partial charge in [0.2, 0.25) is 0 Å². The molecule has 0 aliphatic heterocycles. The van der Waals surface area contributed by atoms with Crippen molar-refractivity contribution in [2.75, 3.05) is 13.2 Å². The molecule has 0 aromatic heterocycles. The first-order valence-electron chi connectivity index (χ1n) is 8.13. The molecular weight excluding hydrogens is 340 g/mol. The molecule has 0 saturated carbocycles. The van der Waals surface area contributed by atoms with Crippen LogP contribution in [-0.4, -0.2) is 25.3 Å². The Hall–Kier alpha value is -2.53. The fraction of sp³-hybridized carbons (Fsp3) is 0.263. The van der Waals surface area contributed by atoms with E-state index in [-0.39, 0.29) is 5.91 Å². The van der Waals surface area contributed by atoms with Gasteiger partial charge < -0.3 is 9.47 Å². The zero-order chi connectivity index (χ0) is 18.1. The van der Waals surface area contributed by atoms with Crippen LogP contribution in [-0.2, 0) is 0 Å². The predicted octanol–water partition coefficient (Wildman–Crippen LogP) is 4.29. The SMILES string of the molecule is CCCOc1ccc(/C=N\NC(=O)c2ccccc2Cl)cc1OCC. The maximum Gasteiger partial charge on any atom is 0.272 e. The number of carbonyl (C=O) groups is 1. The zero-order valence-corrected chi connectivity index (χ0v) is 15.0. The molecule has 0 aliphatic rings. The molecule has 2 aromatic carbocycles. The molecule has 2 rings (SSSR count). The molecule has 0 saturated heterocycles. The molecule has 2 aromatic rings. The van der Waals surface area contributed by atoms with Crippen molar-refractivity contribution in [1.29, 1.82) is 0 Å². The van der Waals surface area contributed by atoms with E-state index in [2.05, 4.69) is 10.5 Å². The molecule has 0 radical (unpaired) electrons. The largest absolute Gasteiger partial charge is 0.490 e. The lowest BCUT2D eigenvalue weighted by Gasteiger charge is -2.11. The maximum atomic E-state index is 12.0. The van der Waals surface area contributed by atoms with Gasteiger partial charge in [-0.1, -0.05) is 30.7 Å². The number of nitrogens with zero attached hydrogens (tertiary/aromatic N) is 1. The molecule has 25 heavy (non-hydrogen) atoms. The molecule has 1 N–H and O–H groups in total. The number of rotatable bonds is 8. The average Bonchev–Trinajstić information content (AvgIpc) is 2.61. The van der Waals surface area contributed by atoms with Gasteiger partial charge in [-0.2, -0.15) is 5.10 Å². The number of amides is 1. The first-order valence-corrected chi connectivity index (χ1v) is 8.51. The van der Waals surface area contributed by atoms with Crippen molar-refractivity contribution in [3.05, 3.63) is 58.6 Å². The number of nitrogens with one attached hydrogen (secondary N) is 1. The summed E-state index contributed by atoms with van der Waals surface area (Å²) in [5.74, 6) is 0.980. The van der Waals surface area contributed by atoms with Crippen LogP contribution in [0.25, 0.3) is 0 Å². The summed E-state index contributed by atoms with van der Waals surface area (Å²) in [6.07, 6.45) is 2.46. The summed E-state index contributed by atoms with van der Waals surface area (Å²) < 4.78 is 11.2. The minimum Gasteiger partial charge on any atom is -0.490 e. The third-order valence-electron chi connectivity index (χ3n) is 3.23. The van der Waals surface area contributed by atoms with Crippen molar-refractivity contribution in [1.82, 2.24) is 5.43 Å². The van der Waals surface area contributed by atoms with Gasteiger partial charge in [0.05, 0.1) is 30.0 Å². The molecule has 5 nitrogen and oxygen atoms in total. The van der Waals surface area contributed by atoms with Crippen LogP contribution >= 0.6 is 11.6 Å². The lowest BCUT2D eigenvalue weighted by Crippen LogP contribution is -2.17. The summed E-state index contributed by atoms with van der Waals surface area (Å²) in [7, 11) is 0.